The number of aryl methyl sites for hydroxylation is 1. The fourth-order valence-corrected chi connectivity index (χ4v) is 2.90. The van der Waals surface area contributed by atoms with Crippen LogP contribution in [0, 0.1) is 6.92 Å². The lowest BCUT2D eigenvalue weighted by Crippen LogP contribution is -2.44. The lowest BCUT2D eigenvalue weighted by molar-refractivity contribution is 0.00182. The summed E-state index contributed by atoms with van der Waals surface area (Å²) in [7, 11) is 0. The lowest BCUT2D eigenvalue weighted by Gasteiger charge is -2.32. The third-order valence-electron chi connectivity index (χ3n) is 3.93. The van der Waals surface area contributed by atoms with E-state index in [1.165, 1.54) is 0 Å². The summed E-state index contributed by atoms with van der Waals surface area (Å²) in [6.07, 6.45) is 4.82. The maximum absolute atomic E-state index is 12.9. The molecule has 1 aliphatic rings. The molecule has 0 N–H and O–H groups in total. The molecule has 6 heteroatoms. The van der Waals surface area contributed by atoms with Gasteiger partial charge in [-0.2, -0.15) is 5.10 Å². The Morgan fingerprint density at radius 1 is 1.50 bits per heavy atom. The molecular formula is C16H22N4O2. The van der Waals surface area contributed by atoms with Gasteiger partial charge in [0.1, 0.15) is 5.69 Å². The highest BCUT2D eigenvalue weighted by Crippen LogP contribution is 2.17. The van der Waals surface area contributed by atoms with Crippen LogP contribution < -0.4 is 0 Å². The molecule has 2 aromatic rings. The molecule has 1 atom stereocenters. The summed E-state index contributed by atoms with van der Waals surface area (Å²) in [5.41, 5.74) is 2.11. The smallest absolute Gasteiger partial charge is 0.272 e. The Morgan fingerprint density at radius 3 is 3.18 bits per heavy atom. The predicted molar refractivity (Wildman–Crippen MR) is 82.9 cm³/mol. The van der Waals surface area contributed by atoms with E-state index < -0.39 is 0 Å². The number of aromatic nitrogens is 3. The molecule has 1 unspecified atom stereocenters. The molecule has 22 heavy (non-hydrogen) atoms. The van der Waals surface area contributed by atoms with Crippen LogP contribution in [0.15, 0.2) is 18.3 Å². The number of carbonyl (C=O) groups is 1. The fourth-order valence-electron chi connectivity index (χ4n) is 2.90. The number of hydrogen-bond acceptors (Lipinski definition) is 4. The van der Waals surface area contributed by atoms with Crippen molar-refractivity contribution in [2.24, 2.45) is 0 Å². The van der Waals surface area contributed by atoms with Crippen molar-refractivity contribution in [1.82, 2.24) is 19.5 Å². The Labute approximate surface area is 130 Å². The normalized spacial score (nSPS) is 18.8. The molecular weight excluding hydrogens is 280 g/mol. The minimum absolute atomic E-state index is 0.00370. The van der Waals surface area contributed by atoms with E-state index in [-0.39, 0.29) is 12.0 Å². The quantitative estimate of drug-likeness (QED) is 0.867. The van der Waals surface area contributed by atoms with Gasteiger partial charge >= 0.3 is 0 Å². The topological polar surface area (TPSA) is 59.7 Å². The lowest BCUT2D eigenvalue weighted by atomic mass is 10.1. The number of rotatable bonds is 4. The van der Waals surface area contributed by atoms with Crippen LogP contribution in [-0.2, 0) is 4.74 Å². The molecule has 1 fully saturated rings. The monoisotopic (exact) mass is 302 g/mol. The average molecular weight is 302 g/mol. The van der Waals surface area contributed by atoms with Gasteiger partial charge in [-0.25, -0.2) is 9.50 Å². The minimum atomic E-state index is 0.00370. The van der Waals surface area contributed by atoms with E-state index in [1.807, 2.05) is 17.9 Å². The molecule has 0 radical (unpaired) electrons. The second kappa shape index (κ2) is 6.44. The van der Waals surface area contributed by atoms with E-state index in [9.17, 15) is 4.79 Å². The molecule has 0 aliphatic carbocycles. The summed E-state index contributed by atoms with van der Waals surface area (Å²) in [6, 6.07) is 3.62. The van der Waals surface area contributed by atoms with Crippen molar-refractivity contribution in [3.05, 3.63) is 29.7 Å². The SMILES string of the molecule is CCCOC1CCCN(C(=O)c2cc(C)nc3ccnn23)C1. The molecule has 6 nitrogen and oxygen atoms in total. The summed E-state index contributed by atoms with van der Waals surface area (Å²) < 4.78 is 7.43. The second-order valence-corrected chi connectivity index (χ2v) is 5.77. The number of piperidine rings is 1. The third kappa shape index (κ3) is 2.97. The van der Waals surface area contributed by atoms with Gasteiger partial charge in [-0.05, 0) is 32.3 Å². The van der Waals surface area contributed by atoms with Gasteiger partial charge in [0.2, 0.25) is 0 Å². The van der Waals surface area contributed by atoms with Crippen molar-refractivity contribution in [2.45, 2.75) is 39.2 Å². The van der Waals surface area contributed by atoms with Crippen molar-refractivity contribution in [2.75, 3.05) is 19.7 Å². The summed E-state index contributed by atoms with van der Waals surface area (Å²) in [4.78, 5) is 19.1. The molecule has 3 heterocycles. The molecule has 3 rings (SSSR count). The Morgan fingerprint density at radius 2 is 2.36 bits per heavy atom. The first-order chi connectivity index (χ1) is 10.7. The highest BCUT2D eigenvalue weighted by molar-refractivity contribution is 5.93. The molecule has 118 valence electrons. The molecule has 0 bridgehead atoms. The maximum Gasteiger partial charge on any atom is 0.272 e. The summed E-state index contributed by atoms with van der Waals surface area (Å²) >= 11 is 0. The number of ether oxygens (including phenoxy) is 1. The Balaban J connectivity index is 1.81. The van der Waals surface area contributed by atoms with Crippen molar-refractivity contribution in [1.29, 1.82) is 0 Å². The number of hydrogen-bond donors (Lipinski definition) is 0. The van der Waals surface area contributed by atoms with Crippen LogP contribution in [0.25, 0.3) is 5.65 Å². The van der Waals surface area contributed by atoms with E-state index in [0.29, 0.717) is 17.9 Å². The zero-order valence-electron chi connectivity index (χ0n) is 13.2. The van der Waals surface area contributed by atoms with Crippen LogP contribution in [-0.4, -0.2) is 51.2 Å². The van der Waals surface area contributed by atoms with Crippen molar-refractivity contribution < 1.29 is 9.53 Å². The minimum Gasteiger partial charge on any atom is -0.376 e. The number of nitrogens with zero attached hydrogens (tertiary/aromatic N) is 4. The van der Waals surface area contributed by atoms with Crippen LogP contribution in [0.1, 0.15) is 42.4 Å². The van der Waals surface area contributed by atoms with Gasteiger partial charge in [-0.1, -0.05) is 6.92 Å². The fraction of sp³-hybridized carbons (Fsp3) is 0.562. The van der Waals surface area contributed by atoms with E-state index >= 15 is 0 Å². The van der Waals surface area contributed by atoms with Gasteiger partial charge in [-0.3, -0.25) is 4.79 Å². The standard InChI is InChI=1S/C16H22N4O2/c1-3-9-22-13-5-4-8-19(11-13)16(21)14-10-12(2)18-15-6-7-17-20(14)15/h6-7,10,13H,3-5,8-9,11H2,1-2H3. The molecule has 0 saturated carbocycles. The number of fused-ring (bicyclic) bond motifs is 1. The van der Waals surface area contributed by atoms with Gasteiger partial charge in [0.25, 0.3) is 5.91 Å². The molecule has 1 saturated heterocycles. The largest absolute Gasteiger partial charge is 0.376 e. The number of amides is 1. The van der Waals surface area contributed by atoms with Gasteiger partial charge in [0.15, 0.2) is 5.65 Å². The van der Waals surface area contributed by atoms with Crippen LogP contribution in [0.3, 0.4) is 0 Å². The summed E-state index contributed by atoms with van der Waals surface area (Å²) in [5, 5.41) is 4.22. The third-order valence-corrected chi connectivity index (χ3v) is 3.93. The second-order valence-electron chi connectivity index (χ2n) is 5.77. The van der Waals surface area contributed by atoms with Crippen LogP contribution in [0.2, 0.25) is 0 Å². The van der Waals surface area contributed by atoms with E-state index in [0.717, 1.165) is 38.1 Å². The zero-order valence-corrected chi connectivity index (χ0v) is 13.2. The Kier molecular flexibility index (Phi) is 4.38. The maximum atomic E-state index is 12.9. The van der Waals surface area contributed by atoms with Gasteiger partial charge < -0.3 is 9.64 Å². The van der Waals surface area contributed by atoms with Crippen molar-refractivity contribution in [3.8, 4) is 0 Å². The summed E-state index contributed by atoms with van der Waals surface area (Å²) in [5.74, 6) is 0.00370. The molecule has 2 aromatic heterocycles. The van der Waals surface area contributed by atoms with Crippen molar-refractivity contribution >= 4 is 11.6 Å². The molecule has 1 aliphatic heterocycles. The highest BCUT2D eigenvalue weighted by atomic mass is 16.5. The molecule has 0 aromatic carbocycles. The van der Waals surface area contributed by atoms with Crippen LogP contribution >= 0.6 is 0 Å². The van der Waals surface area contributed by atoms with E-state index in [2.05, 4.69) is 17.0 Å². The molecule has 0 spiro atoms. The zero-order chi connectivity index (χ0) is 15.5. The van der Waals surface area contributed by atoms with Crippen LogP contribution in [0.5, 0.6) is 0 Å². The van der Waals surface area contributed by atoms with Crippen LogP contribution in [0.4, 0.5) is 0 Å². The number of likely N-dealkylation sites (tertiary alicyclic amines) is 1. The first-order valence-corrected chi connectivity index (χ1v) is 7.91. The molecule has 1 amide bonds. The van der Waals surface area contributed by atoms with Gasteiger partial charge in [0, 0.05) is 31.5 Å². The first kappa shape index (κ1) is 15.0. The highest BCUT2D eigenvalue weighted by Gasteiger charge is 2.26. The average Bonchev–Trinajstić information content (AvgIpc) is 2.99. The van der Waals surface area contributed by atoms with E-state index in [1.54, 1.807) is 16.8 Å². The van der Waals surface area contributed by atoms with Gasteiger partial charge in [-0.15, -0.1) is 0 Å². The van der Waals surface area contributed by atoms with E-state index in [4.69, 9.17) is 4.74 Å². The van der Waals surface area contributed by atoms with Crippen molar-refractivity contribution in [3.63, 3.8) is 0 Å². The predicted octanol–water partition coefficient (Wildman–Crippen LogP) is 2.07. The van der Waals surface area contributed by atoms with Gasteiger partial charge in [0.05, 0.1) is 12.3 Å². The first-order valence-electron chi connectivity index (χ1n) is 7.91. The number of carbonyl (C=O) groups excluding carboxylic acids is 1. The Bertz CT molecular complexity index is 667. The Hall–Kier alpha value is -1.95. The summed E-state index contributed by atoms with van der Waals surface area (Å²) in [6.45, 7) is 6.18.